The fraction of sp³-hybridized carbons (Fsp3) is 0.463. The van der Waals surface area contributed by atoms with E-state index >= 15 is 0 Å². The highest BCUT2D eigenvalue weighted by Gasteiger charge is 2.50. The molecule has 48 heavy (non-hydrogen) atoms. The fourth-order valence-electron chi connectivity index (χ4n) is 7.67. The highest BCUT2D eigenvalue weighted by Crippen LogP contribution is 2.41. The summed E-state index contributed by atoms with van der Waals surface area (Å²) < 4.78 is 14.5. The smallest absolute Gasteiger partial charge is 0.419 e. The van der Waals surface area contributed by atoms with Crippen LogP contribution in [0.4, 0.5) is 4.79 Å². The highest BCUT2D eigenvalue weighted by atomic mass is 28.4. The van der Waals surface area contributed by atoms with Gasteiger partial charge in [0.05, 0.1) is 5.52 Å². The van der Waals surface area contributed by atoms with E-state index in [1.165, 1.54) is 10.4 Å². The minimum Gasteiger partial charge on any atom is -0.443 e. The molecule has 5 rings (SSSR count). The van der Waals surface area contributed by atoms with E-state index in [1.807, 2.05) is 51.2 Å². The number of rotatable bonds is 11. The van der Waals surface area contributed by atoms with Gasteiger partial charge < -0.3 is 14.1 Å². The summed E-state index contributed by atoms with van der Waals surface area (Å²) in [6, 6.07) is 29.4. The monoisotopic (exact) mass is 666 g/mol. The lowest BCUT2D eigenvalue weighted by molar-refractivity contribution is -0.147. The second kappa shape index (κ2) is 14.4. The van der Waals surface area contributed by atoms with Crippen molar-refractivity contribution in [2.45, 2.75) is 97.6 Å². The van der Waals surface area contributed by atoms with E-state index < -0.39 is 13.9 Å². The van der Waals surface area contributed by atoms with Crippen LogP contribution in [0, 0.1) is 5.41 Å². The Labute approximate surface area is 288 Å². The summed E-state index contributed by atoms with van der Waals surface area (Å²) in [7, 11) is -2.62. The highest BCUT2D eigenvalue weighted by molar-refractivity contribution is 6.99. The van der Waals surface area contributed by atoms with E-state index in [9.17, 15) is 9.59 Å². The second-order valence-corrected chi connectivity index (χ2v) is 19.7. The van der Waals surface area contributed by atoms with Crippen molar-refractivity contribution < 1.29 is 18.8 Å². The lowest BCUT2D eigenvalue weighted by atomic mass is 9.73. The molecule has 3 aromatic carbocycles. The molecule has 1 aliphatic rings. The zero-order chi connectivity index (χ0) is 34.6. The maximum Gasteiger partial charge on any atom is 0.419 e. The van der Waals surface area contributed by atoms with Gasteiger partial charge in [0, 0.05) is 36.7 Å². The average molecular weight is 667 g/mol. The molecule has 0 spiro atoms. The molecule has 256 valence electrons. The van der Waals surface area contributed by atoms with Crippen LogP contribution in [0.15, 0.2) is 91.1 Å². The number of likely N-dealkylation sites (tertiary alicyclic amines) is 1. The summed E-state index contributed by atoms with van der Waals surface area (Å²) in [4.78, 5) is 29.3. The summed E-state index contributed by atoms with van der Waals surface area (Å²) in [5.41, 5.74) is 0.917. The largest absolute Gasteiger partial charge is 0.443 e. The maximum absolute atomic E-state index is 14.2. The van der Waals surface area contributed by atoms with Crippen molar-refractivity contribution in [2.24, 2.45) is 5.41 Å². The first-order valence-corrected chi connectivity index (χ1v) is 19.6. The zero-order valence-electron chi connectivity index (χ0n) is 30.1. The van der Waals surface area contributed by atoms with Crippen molar-refractivity contribution in [2.75, 3.05) is 19.7 Å². The molecule has 2 heterocycles. The molecule has 1 amide bonds. The average Bonchev–Trinajstić information content (AvgIpc) is 3.43. The van der Waals surface area contributed by atoms with E-state index in [-0.39, 0.29) is 22.5 Å². The number of para-hydroxylation sites is 1. The van der Waals surface area contributed by atoms with E-state index in [2.05, 4.69) is 93.3 Å². The fourth-order valence-corrected chi connectivity index (χ4v) is 12.3. The first-order chi connectivity index (χ1) is 22.8. The molecule has 1 fully saturated rings. The molecule has 0 saturated carbocycles. The summed E-state index contributed by atoms with van der Waals surface area (Å²) in [5, 5.41) is 3.50. The molecular weight excluding hydrogens is 613 g/mol. The number of carbonyl (C=O) groups excluding carboxylic acids is 2. The van der Waals surface area contributed by atoms with Crippen molar-refractivity contribution in [1.29, 1.82) is 0 Å². The Kier molecular flexibility index (Phi) is 10.7. The molecular formula is C41H54N2O4Si. The molecule has 1 aromatic heterocycles. The van der Waals surface area contributed by atoms with Gasteiger partial charge >= 0.3 is 6.09 Å². The first kappa shape index (κ1) is 35.6. The molecule has 1 aliphatic heterocycles. The van der Waals surface area contributed by atoms with E-state index in [1.54, 1.807) is 4.57 Å². The van der Waals surface area contributed by atoms with E-state index in [0.29, 0.717) is 19.6 Å². The molecule has 4 aromatic rings. The van der Waals surface area contributed by atoms with Crippen molar-refractivity contribution in [3.05, 3.63) is 96.7 Å². The van der Waals surface area contributed by atoms with Crippen LogP contribution in [-0.4, -0.2) is 55.1 Å². The van der Waals surface area contributed by atoms with E-state index in [0.717, 1.165) is 55.1 Å². The number of aromatic nitrogens is 1. The topological polar surface area (TPSA) is 60.8 Å². The van der Waals surface area contributed by atoms with Gasteiger partial charge in [-0.2, -0.15) is 0 Å². The van der Waals surface area contributed by atoms with Crippen molar-refractivity contribution in [3.63, 3.8) is 0 Å². The number of ether oxygens (including phenoxy) is 1. The molecule has 0 aliphatic carbocycles. The number of hydrogen-bond acceptors (Lipinski definition) is 4. The van der Waals surface area contributed by atoms with Crippen LogP contribution >= 0.6 is 0 Å². The number of piperidine rings is 1. The molecule has 1 atom stereocenters. The molecule has 1 saturated heterocycles. The Bertz CT molecular complexity index is 1650. The standard InChI is InChI=1S/C41H54N2O4Si/c1-8-41(27-18-30-46-48(40(5,6)7,33-19-11-9-12-20-33)34-21-13-10-14-22-34)26-17-28-42(37(41)44)29-25-32-31-43(38(45)47-39(2,3)4)36-24-16-15-23-35(32)36/h9-16,19-24,31H,8,17-18,25-30H2,1-7H3/t41-/m0/s1. The normalized spacial score (nSPS) is 17.6. The van der Waals surface area contributed by atoms with Gasteiger partial charge in [-0.05, 0) is 86.3 Å². The second-order valence-electron chi connectivity index (χ2n) is 15.4. The lowest BCUT2D eigenvalue weighted by Gasteiger charge is -2.44. The SMILES string of the molecule is CC[C@@]1(CCCO[Si](c2ccccc2)(c2ccccc2)C(C)(C)C)CCCN(CCc2cn(C(=O)OC(C)(C)C)c3ccccc23)C1=O. The predicted octanol–water partition coefficient (Wildman–Crippen LogP) is 8.34. The van der Waals surface area contributed by atoms with Gasteiger partial charge in [0.25, 0.3) is 8.32 Å². The Hall–Kier alpha value is -3.68. The third-order valence-corrected chi connectivity index (χ3v) is 15.1. The van der Waals surface area contributed by atoms with Gasteiger partial charge in [0.2, 0.25) is 5.91 Å². The molecule has 0 unspecified atom stereocenters. The number of fused-ring (bicyclic) bond motifs is 1. The summed E-state index contributed by atoms with van der Waals surface area (Å²) in [6.45, 7) is 16.7. The van der Waals surface area contributed by atoms with Gasteiger partial charge in [-0.25, -0.2) is 4.79 Å². The maximum atomic E-state index is 14.2. The van der Waals surface area contributed by atoms with Crippen LogP contribution in [0.25, 0.3) is 10.9 Å². The molecule has 0 N–H and O–H groups in total. The number of amides is 1. The third kappa shape index (κ3) is 7.32. The van der Waals surface area contributed by atoms with Crippen molar-refractivity contribution >= 4 is 41.6 Å². The Morgan fingerprint density at radius 1 is 0.875 bits per heavy atom. The van der Waals surface area contributed by atoms with Gasteiger partial charge in [0.1, 0.15) is 5.60 Å². The molecule has 7 heteroatoms. The molecule has 6 nitrogen and oxygen atoms in total. The number of carbonyl (C=O) groups is 2. The quantitative estimate of drug-likeness (QED) is 0.119. The predicted molar refractivity (Wildman–Crippen MR) is 199 cm³/mol. The summed E-state index contributed by atoms with van der Waals surface area (Å²) >= 11 is 0. The third-order valence-electron chi connectivity index (χ3n) is 10.1. The Balaban J connectivity index is 1.29. The van der Waals surface area contributed by atoms with Crippen molar-refractivity contribution in [3.8, 4) is 0 Å². The van der Waals surface area contributed by atoms with E-state index in [4.69, 9.17) is 9.16 Å². The van der Waals surface area contributed by atoms with Gasteiger partial charge in [-0.1, -0.05) is 107 Å². The van der Waals surface area contributed by atoms with Crippen LogP contribution in [0.2, 0.25) is 5.04 Å². The van der Waals surface area contributed by atoms with Crippen LogP contribution in [0.5, 0.6) is 0 Å². The van der Waals surface area contributed by atoms with Crippen LogP contribution in [-0.2, 0) is 20.4 Å². The zero-order valence-corrected chi connectivity index (χ0v) is 31.1. The van der Waals surface area contributed by atoms with Crippen LogP contribution < -0.4 is 10.4 Å². The number of hydrogen-bond donors (Lipinski definition) is 0. The molecule has 0 radical (unpaired) electrons. The van der Waals surface area contributed by atoms with Gasteiger partial charge in [-0.3, -0.25) is 9.36 Å². The molecule has 0 bridgehead atoms. The Morgan fingerprint density at radius 2 is 1.48 bits per heavy atom. The van der Waals surface area contributed by atoms with Crippen LogP contribution in [0.3, 0.4) is 0 Å². The summed E-state index contributed by atoms with van der Waals surface area (Å²) in [5.74, 6) is 0.262. The Morgan fingerprint density at radius 3 is 2.06 bits per heavy atom. The van der Waals surface area contributed by atoms with Crippen molar-refractivity contribution in [1.82, 2.24) is 9.47 Å². The van der Waals surface area contributed by atoms with Gasteiger partial charge in [0.15, 0.2) is 0 Å². The van der Waals surface area contributed by atoms with Crippen LogP contribution in [0.1, 0.15) is 86.1 Å². The lowest BCUT2D eigenvalue weighted by Crippen LogP contribution is -2.66. The minimum absolute atomic E-state index is 0.0811. The minimum atomic E-state index is -2.62. The number of nitrogens with zero attached hydrogens (tertiary/aromatic N) is 2. The summed E-state index contributed by atoms with van der Waals surface area (Å²) in [6.07, 6.45) is 6.56. The van der Waals surface area contributed by atoms with Gasteiger partial charge in [-0.15, -0.1) is 0 Å². The number of benzene rings is 3. The first-order valence-electron chi connectivity index (χ1n) is 17.7.